The van der Waals surface area contributed by atoms with Gasteiger partial charge in [0.15, 0.2) is 0 Å². The van der Waals surface area contributed by atoms with Crippen molar-refractivity contribution in [2.24, 2.45) is 5.73 Å². The first-order chi connectivity index (χ1) is 9.13. The van der Waals surface area contributed by atoms with Crippen molar-refractivity contribution in [3.05, 3.63) is 65.0 Å². The van der Waals surface area contributed by atoms with Gasteiger partial charge in [0.25, 0.3) is 0 Å². The molecule has 1 unspecified atom stereocenters. The molecule has 0 aliphatic heterocycles. The topological polar surface area (TPSA) is 35.2 Å². The second-order valence-electron chi connectivity index (χ2n) is 4.46. The second-order valence-corrected chi connectivity index (χ2v) is 4.46. The van der Waals surface area contributed by atoms with Gasteiger partial charge in [0.1, 0.15) is 11.6 Å². The Kier molecular flexibility index (Phi) is 4.17. The molecule has 2 rings (SSSR count). The first-order valence-electron chi connectivity index (χ1n) is 6.36. The summed E-state index contributed by atoms with van der Waals surface area (Å²) < 4.78 is 18.9. The lowest BCUT2D eigenvalue weighted by molar-refractivity contribution is 0.335. The van der Waals surface area contributed by atoms with Crippen LogP contribution >= 0.6 is 0 Å². The number of nitrogens with two attached hydrogens (primary N) is 1. The molecule has 2 aromatic rings. The molecule has 0 saturated carbocycles. The molecule has 0 aromatic heterocycles. The van der Waals surface area contributed by atoms with Gasteiger partial charge in [0.05, 0.1) is 12.6 Å². The predicted molar refractivity (Wildman–Crippen MR) is 74.8 cm³/mol. The van der Waals surface area contributed by atoms with E-state index >= 15 is 0 Å². The van der Waals surface area contributed by atoms with Crippen molar-refractivity contribution in [1.29, 1.82) is 0 Å². The summed E-state index contributed by atoms with van der Waals surface area (Å²) in [6.07, 6.45) is 0. The fourth-order valence-electron chi connectivity index (χ4n) is 2.07. The van der Waals surface area contributed by atoms with E-state index in [0.717, 1.165) is 16.9 Å². The SMILES string of the molecule is CCOc1ccccc1C(N)c1ccc(F)c(C)c1. The number of ether oxygens (including phenoxy) is 1. The van der Waals surface area contributed by atoms with Crippen molar-refractivity contribution in [1.82, 2.24) is 0 Å². The van der Waals surface area contributed by atoms with E-state index in [9.17, 15) is 4.39 Å². The van der Waals surface area contributed by atoms with Crippen LogP contribution in [0.5, 0.6) is 5.75 Å². The minimum atomic E-state index is -0.318. The molecule has 0 bridgehead atoms. The summed E-state index contributed by atoms with van der Waals surface area (Å²) in [6.45, 7) is 4.26. The zero-order valence-corrected chi connectivity index (χ0v) is 11.2. The molecule has 0 spiro atoms. The third-order valence-corrected chi connectivity index (χ3v) is 3.10. The van der Waals surface area contributed by atoms with E-state index in [2.05, 4.69) is 0 Å². The Morgan fingerprint density at radius 3 is 2.63 bits per heavy atom. The Hall–Kier alpha value is -1.87. The minimum Gasteiger partial charge on any atom is -0.494 e. The summed E-state index contributed by atoms with van der Waals surface area (Å²) in [7, 11) is 0. The van der Waals surface area contributed by atoms with Gasteiger partial charge < -0.3 is 10.5 Å². The van der Waals surface area contributed by atoms with E-state index in [1.165, 1.54) is 6.07 Å². The molecule has 2 aromatic carbocycles. The van der Waals surface area contributed by atoms with E-state index in [1.54, 1.807) is 19.1 Å². The van der Waals surface area contributed by atoms with E-state index < -0.39 is 0 Å². The van der Waals surface area contributed by atoms with E-state index in [1.807, 2.05) is 31.2 Å². The van der Waals surface area contributed by atoms with Crippen LogP contribution in [0, 0.1) is 12.7 Å². The van der Waals surface area contributed by atoms with E-state index in [-0.39, 0.29) is 11.9 Å². The van der Waals surface area contributed by atoms with Crippen LogP contribution in [-0.2, 0) is 0 Å². The van der Waals surface area contributed by atoms with Crippen molar-refractivity contribution in [3.8, 4) is 5.75 Å². The molecule has 3 heteroatoms. The average molecular weight is 259 g/mol. The van der Waals surface area contributed by atoms with Crippen molar-refractivity contribution in [3.63, 3.8) is 0 Å². The predicted octanol–water partition coefficient (Wildman–Crippen LogP) is 3.58. The molecule has 0 aliphatic carbocycles. The summed E-state index contributed by atoms with van der Waals surface area (Å²) in [6, 6.07) is 12.3. The van der Waals surface area contributed by atoms with Crippen molar-refractivity contribution in [2.45, 2.75) is 19.9 Å². The highest BCUT2D eigenvalue weighted by Crippen LogP contribution is 2.29. The number of para-hydroxylation sites is 1. The molecular formula is C16H18FNO. The van der Waals surface area contributed by atoms with Crippen LogP contribution in [0.25, 0.3) is 0 Å². The highest BCUT2D eigenvalue weighted by atomic mass is 19.1. The van der Waals surface area contributed by atoms with Crippen LogP contribution in [0.2, 0.25) is 0 Å². The Labute approximate surface area is 113 Å². The maximum atomic E-state index is 13.3. The monoisotopic (exact) mass is 259 g/mol. The van der Waals surface area contributed by atoms with Crippen molar-refractivity contribution in [2.75, 3.05) is 6.61 Å². The Bertz CT molecular complexity index is 568. The first kappa shape index (κ1) is 13.6. The van der Waals surface area contributed by atoms with Gasteiger partial charge in [-0.2, -0.15) is 0 Å². The fraction of sp³-hybridized carbons (Fsp3) is 0.250. The van der Waals surface area contributed by atoms with Crippen LogP contribution in [0.1, 0.15) is 29.7 Å². The molecule has 0 saturated heterocycles. The van der Waals surface area contributed by atoms with Gasteiger partial charge >= 0.3 is 0 Å². The van der Waals surface area contributed by atoms with Gasteiger partial charge in [-0.1, -0.05) is 30.3 Å². The van der Waals surface area contributed by atoms with Crippen LogP contribution in [0.4, 0.5) is 4.39 Å². The number of hydrogen-bond acceptors (Lipinski definition) is 2. The van der Waals surface area contributed by atoms with Gasteiger partial charge in [0.2, 0.25) is 0 Å². The molecular weight excluding hydrogens is 241 g/mol. The zero-order chi connectivity index (χ0) is 13.8. The van der Waals surface area contributed by atoms with E-state index in [4.69, 9.17) is 10.5 Å². The molecule has 0 radical (unpaired) electrons. The summed E-state index contributed by atoms with van der Waals surface area (Å²) >= 11 is 0. The van der Waals surface area contributed by atoms with Gasteiger partial charge in [-0.3, -0.25) is 0 Å². The summed E-state index contributed by atoms with van der Waals surface area (Å²) in [5.41, 5.74) is 8.66. The number of aryl methyl sites for hydroxylation is 1. The third-order valence-electron chi connectivity index (χ3n) is 3.10. The maximum absolute atomic E-state index is 13.3. The summed E-state index contributed by atoms with van der Waals surface area (Å²) in [4.78, 5) is 0. The lowest BCUT2D eigenvalue weighted by Crippen LogP contribution is -2.14. The molecule has 2 nitrogen and oxygen atoms in total. The molecule has 1 atom stereocenters. The van der Waals surface area contributed by atoms with Crippen LogP contribution < -0.4 is 10.5 Å². The quantitative estimate of drug-likeness (QED) is 0.910. The van der Waals surface area contributed by atoms with Gasteiger partial charge in [-0.05, 0) is 37.1 Å². The van der Waals surface area contributed by atoms with Crippen LogP contribution in [0.3, 0.4) is 0 Å². The lowest BCUT2D eigenvalue weighted by Gasteiger charge is -2.17. The Morgan fingerprint density at radius 2 is 1.95 bits per heavy atom. The van der Waals surface area contributed by atoms with Crippen LogP contribution in [0.15, 0.2) is 42.5 Å². The number of halogens is 1. The highest BCUT2D eigenvalue weighted by molar-refractivity contribution is 5.42. The van der Waals surface area contributed by atoms with Gasteiger partial charge in [-0.25, -0.2) is 4.39 Å². The average Bonchev–Trinajstić information content (AvgIpc) is 2.42. The summed E-state index contributed by atoms with van der Waals surface area (Å²) in [5.74, 6) is 0.563. The largest absolute Gasteiger partial charge is 0.494 e. The van der Waals surface area contributed by atoms with Crippen molar-refractivity contribution >= 4 is 0 Å². The van der Waals surface area contributed by atoms with Gasteiger partial charge in [-0.15, -0.1) is 0 Å². The normalized spacial score (nSPS) is 12.2. The zero-order valence-electron chi connectivity index (χ0n) is 11.2. The Morgan fingerprint density at radius 1 is 1.21 bits per heavy atom. The second kappa shape index (κ2) is 5.85. The van der Waals surface area contributed by atoms with Crippen LogP contribution in [-0.4, -0.2) is 6.61 Å². The number of rotatable bonds is 4. The molecule has 19 heavy (non-hydrogen) atoms. The van der Waals surface area contributed by atoms with E-state index in [0.29, 0.717) is 12.2 Å². The molecule has 0 amide bonds. The first-order valence-corrected chi connectivity index (χ1v) is 6.36. The Balaban J connectivity index is 2.37. The summed E-state index contributed by atoms with van der Waals surface area (Å²) in [5, 5.41) is 0. The molecule has 0 fully saturated rings. The standard InChI is InChI=1S/C16H18FNO/c1-3-19-15-7-5-4-6-13(15)16(18)12-8-9-14(17)11(2)10-12/h4-10,16H,3,18H2,1-2H3. The molecule has 0 aliphatic rings. The van der Waals surface area contributed by atoms with Gasteiger partial charge in [0, 0.05) is 5.56 Å². The highest BCUT2D eigenvalue weighted by Gasteiger charge is 2.14. The number of benzene rings is 2. The fourth-order valence-corrected chi connectivity index (χ4v) is 2.07. The number of hydrogen-bond donors (Lipinski definition) is 1. The maximum Gasteiger partial charge on any atom is 0.126 e. The molecule has 0 heterocycles. The third kappa shape index (κ3) is 2.93. The smallest absolute Gasteiger partial charge is 0.126 e. The molecule has 100 valence electrons. The lowest BCUT2D eigenvalue weighted by atomic mass is 9.97. The van der Waals surface area contributed by atoms with Crippen molar-refractivity contribution < 1.29 is 9.13 Å². The molecule has 2 N–H and O–H groups in total. The minimum absolute atomic E-state index is 0.214.